The standard InChI is InChI=1S/C14H19ClN2O3S/c1-16(2)14(18)11-4-3-9-17(10-11)21(19,20)13-7-5-12(15)6-8-13/h5-8,11H,3-4,9-10H2,1-2H3/t11-/m1/s1. The molecule has 1 aromatic rings. The van der Waals surface area contributed by atoms with Crippen molar-refractivity contribution in [1.29, 1.82) is 0 Å². The molecule has 0 saturated carbocycles. The molecule has 0 bridgehead atoms. The normalized spacial score (nSPS) is 20.2. The lowest BCUT2D eigenvalue weighted by atomic mass is 9.98. The average molecular weight is 331 g/mol. The summed E-state index contributed by atoms with van der Waals surface area (Å²) in [4.78, 5) is 13.8. The van der Waals surface area contributed by atoms with Crippen molar-refractivity contribution >= 4 is 27.5 Å². The largest absolute Gasteiger partial charge is 0.349 e. The Morgan fingerprint density at radius 3 is 2.48 bits per heavy atom. The number of hydrogen-bond donors (Lipinski definition) is 0. The van der Waals surface area contributed by atoms with Gasteiger partial charge in [-0.1, -0.05) is 11.6 Å². The van der Waals surface area contributed by atoms with E-state index in [1.807, 2.05) is 0 Å². The second-order valence-corrected chi connectivity index (χ2v) is 7.76. The molecule has 0 radical (unpaired) electrons. The molecule has 1 aliphatic rings. The minimum absolute atomic E-state index is 0.0222. The first-order valence-electron chi connectivity index (χ1n) is 6.79. The monoisotopic (exact) mass is 330 g/mol. The van der Waals surface area contributed by atoms with Crippen molar-refractivity contribution in [1.82, 2.24) is 9.21 Å². The smallest absolute Gasteiger partial charge is 0.243 e. The maximum Gasteiger partial charge on any atom is 0.243 e. The molecular weight excluding hydrogens is 312 g/mol. The SMILES string of the molecule is CN(C)C(=O)[C@@H]1CCCN(S(=O)(=O)c2ccc(Cl)cc2)C1. The van der Waals surface area contributed by atoms with Crippen LogP contribution in [0.5, 0.6) is 0 Å². The first-order chi connectivity index (χ1) is 9.82. The molecule has 1 atom stereocenters. The predicted octanol–water partition coefficient (Wildman–Crippen LogP) is 1.83. The first kappa shape index (κ1) is 16.3. The number of rotatable bonds is 3. The Hall–Kier alpha value is -1.11. The zero-order chi connectivity index (χ0) is 15.6. The molecule has 0 aliphatic carbocycles. The van der Waals surface area contributed by atoms with Gasteiger partial charge in [0.25, 0.3) is 0 Å². The molecule has 1 aromatic carbocycles. The van der Waals surface area contributed by atoms with Crippen LogP contribution in [0.4, 0.5) is 0 Å². The van der Waals surface area contributed by atoms with Crippen LogP contribution in [0, 0.1) is 5.92 Å². The van der Waals surface area contributed by atoms with Crippen LogP contribution >= 0.6 is 11.6 Å². The third kappa shape index (κ3) is 3.56. The molecule has 5 nitrogen and oxygen atoms in total. The number of carbonyl (C=O) groups excluding carboxylic acids is 1. The van der Waals surface area contributed by atoms with E-state index in [0.29, 0.717) is 18.0 Å². The Labute approximate surface area is 130 Å². The summed E-state index contributed by atoms with van der Waals surface area (Å²) >= 11 is 5.79. The number of sulfonamides is 1. The van der Waals surface area contributed by atoms with Gasteiger partial charge in [0.2, 0.25) is 15.9 Å². The van der Waals surface area contributed by atoms with E-state index in [2.05, 4.69) is 0 Å². The zero-order valence-corrected chi connectivity index (χ0v) is 13.7. The summed E-state index contributed by atoms with van der Waals surface area (Å²) in [7, 11) is -0.188. The van der Waals surface area contributed by atoms with Crippen LogP contribution in [-0.2, 0) is 14.8 Å². The predicted molar refractivity (Wildman–Crippen MR) is 81.6 cm³/mol. The molecule has 1 amide bonds. The minimum Gasteiger partial charge on any atom is -0.349 e. The van der Waals surface area contributed by atoms with Crippen molar-refractivity contribution in [3.05, 3.63) is 29.3 Å². The summed E-state index contributed by atoms with van der Waals surface area (Å²) in [6.07, 6.45) is 1.42. The van der Waals surface area contributed by atoms with Crippen LogP contribution in [0.25, 0.3) is 0 Å². The number of benzene rings is 1. The van der Waals surface area contributed by atoms with Gasteiger partial charge in [-0.25, -0.2) is 8.42 Å². The van der Waals surface area contributed by atoms with Gasteiger partial charge in [-0.05, 0) is 37.1 Å². The van der Waals surface area contributed by atoms with Gasteiger partial charge in [0.05, 0.1) is 10.8 Å². The van der Waals surface area contributed by atoms with Gasteiger partial charge in [0.15, 0.2) is 0 Å². The topological polar surface area (TPSA) is 57.7 Å². The maximum absolute atomic E-state index is 12.6. The summed E-state index contributed by atoms with van der Waals surface area (Å²) in [6, 6.07) is 6.10. The quantitative estimate of drug-likeness (QED) is 0.849. The highest BCUT2D eigenvalue weighted by Crippen LogP contribution is 2.25. The molecule has 0 N–H and O–H groups in total. The van der Waals surface area contributed by atoms with Crippen molar-refractivity contribution in [2.45, 2.75) is 17.7 Å². The Morgan fingerprint density at radius 1 is 1.29 bits per heavy atom. The third-order valence-corrected chi connectivity index (χ3v) is 5.76. The highest BCUT2D eigenvalue weighted by Gasteiger charge is 2.33. The fourth-order valence-electron chi connectivity index (χ4n) is 2.48. The van der Waals surface area contributed by atoms with E-state index in [1.165, 1.54) is 21.3 Å². The van der Waals surface area contributed by atoms with Gasteiger partial charge in [-0.3, -0.25) is 4.79 Å². The van der Waals surface area contributed by atoms with Crippen molar-refractivity contribution in [3.63, 3.8) is 0 Å². The van der Waals surface area contributed by atoms with Crippen LogP contribution in [0.3, 0.4) is 0 Å². The van der Waals surface area contributed by atoms with E-state index in [9.17, 15) is 13.2 Å². The minimum atomic E-state index is -3.57. The molecule has 2 rings (SSSR count). The van der Waals surface area contributed by atoms with Gasteiger partial charge in [0, 0.05) is 32.2 Å². The first-order valence-corrected chi connectivity index (χ1v) is 8.61. The van der Waals surface area contributed by atoms with Crippen molar-refractivity contribution in [2.75, 3.05) is 27.2 Å². The molecule has 0 spiro atoms. The second-order valence-electron chi connectivity index (χ2n) is 5.39. The van der Waals surface area contributed by atoms with Crippen molar-refractivity contribution in [2.24, 2.45) is 5.92 Å². The molecule has 21 heavy (non-hydrogen) atoms. The van der Waals surface area contributed by atoms with Crippen LogP contribution in [0.15, 0.2) is 29.2 Å². The molecule has 0 aromatic heterocycles. The molecular formula is C14H19ClN2O3S. The highest BCUT2D eigenvalue weighted by atomic mass is 35.5. The van der Waals surface area contributed by atoms with E-state index < -0.39 is 10.0 Å². The number of piperidine rings is 1. The highest BCUT2D eigenvalue weighted by molar-refractivity contribution is 7.89. The summed E-state index contributed by atoms with van der Waals surface area (Å²) in [6.45, 7) is 0.685. The lowest BCUT2D eigenvalue weighted by Crippen LogP contribution is -2.45. The lowest BCUT2D eigenvalue weighted by Gasteiger charge is -2.32. The van der Waals surface area contributed by atoms with Crippen LogP contribution < -0.4 is 0 Å². The molecule has 1 saturated heterocycles. The fourth-order valence-corrected chi connectivity index (χ4v) is 4.13. The van der Waals surface area contributed by atoms with Crippen LogP contribution in [0.1, 0.15) is 12.8 Å². The Kier molecular flexibility index (Phi) is 4.91. The van der Waals surface area contributed by atoms with E-state index in [4.69, 9.17) is 11.6 Å². The van der Waals surface area contributed by atoms with Gasteiger partial charge in [0.1, 0.15) is 0 Å². The van der Waals surface area contributed by atoms with Crippen LogP contribution in [0.2, 0.25) is 5.02 Å². The molecule has 1 heterocycles. The number of amides is 1. The summed E-state index contributed by atoms with van der Waals surface area (Å²) < 4.78 is 26.6. The summed E-state index contributed by atoms with van der Waals surface area (Å²) in [5.74, 6) is -0.290. The van der Waals surface area contributed by atoms with Gasteiger partial charge in [-0.2, -0.15) is 4.31 Å². The van der Waals surface area contributed by atoms with E-state index >= 15 is 0 Å². The number of hydrogen-bond acceptors (Lipinski definition) is 3. The molecule has 1 aliphatic heterocycles. The second kappa shape index (κ2) is 6.34. The number of carbonyl (C=O) groups is 1. The van der Waals surface area contributed by atoms with Gasteiger partial charge in [-0.15, -0.1) is 0 Å². The molecule has 7 heteroatoms. The molecule has 116 valence electrons. The zero-order valence-electron chi connectivity index (χ0n) is 12.1. The lowest BCUT2D eigenvalue weighted by molar-refractivity contribution is -0.134. The number of halogens is 1. The van der Waals surface area contributed by atoms with E-state index in [0.717, 1.165) is 6.42 Å². The van der Waals surface area contributed by atoms with Crippen LogP contribution in [-0.4, -0.2) is 50.7 Å². The average Bonchev–Trinajstić information content (AvgIpc) is 2.47. The molecule has 0 unspecified atom stereocenters. The Morgan fingerprint density at radius 2 is 1.90 bits per heavy atom. The van der Waals surface area contributed by atoms with Crippen molar-refractivity contribution in [3.8, 4) is 0 Å². The van der Waals surface area contributed by atoms with Crippen molar-refractivity contribution < 1.29 is 13.2 Å². The third-order valence-electron chi connectivity index (χ3n) is 3.63. The van der Waals surface area contributed by atoms with Gasteiger partial charge < -0.3 is 4.90 Å². The Balaban J connectivity index is 2.20. The summed E-state index contributed by atoms with van der Waals surface area (Å²) in [5.41, 5.74) is 0. The summed E-state index contributed by atoms with van der Waals surface area (Å²) in [5, 5.41) is 0.494. The van der Waals surface area contributed by atoms with E-state index in [1.54, 1.807) is 26.2 Å². The fraction of sp³-hybridized carbons (Fsp3) is 0.500. The van der Waals surface area contributed by atoms with Gasteiger partial charge >= 0.3 is 0 Å². The maximum atomic E-state index is 12.6. The number of nitrogens with zero attached hydrogens (tertiary/aromatic N) is 2. The van der Waals surface area contributed by atoms with E-state index in [-0.39, 0.29) is 23.3 Å². The molecule has 1 fully saturated rings. The Bertz CT molecular complexity index is 614.